The second kappa shape index (κ2) is 6.72. The molecule has 25 heavy (non-hydrogen) atoms. The minimum absolute atomic E-state index is 0.113. The maximum atomic E-state index is 12.7. The first-order valence-corrected chi connectivity index (χ1v) is 11.7. The van der Waals surface area contributed by atoms with Crippen molar-refractivity contribution < 1.29 is 14.0 Å². The molecule has 0 fully saturated rings. The van der Waals surface area contributed by atoms with Crippen molar-refractivity contribution in [2.24, 2.45) is 0 Å². The Morgan fingerprint density at radius 3 is 2.48 bits per heavy atom. The van der Waals surface area contributed by atoms with Crippen LogP contribution in [0.5, 0.6) is 0 Å². The van der Waals surface area contributed by atoms with E-state index in [4.69, 9.17) is 9.16 Å². The Morgan fingerprint density at radius 2 is 1.92 bits per heavy atom. The van der Waals surface area contributed by atoms with Crippen LogP contribution >= 0.6 is 0 Å². The van der Waals surface area contributed by atoms with Crippen LogP contribution in [0.15, 0.2) is 6.20 Å². The van der Waals surface area contributed by atoms with Crippen molar-refractivity contribution in [1.82, 2.24) is 19.9 Å². The van der Waals surface area contributed by atoms with Crippen molar-refractivity contribution in [3.63, 3.8) is 0 Å². The van der Waals surface area contributed by atoms with E-state index in [2.05, 4.69) is 44.2 Å². The first-order chi connectivity index (χ1) is 11.3. The Kier molecular flexibility index (Phi) is 5.35. The Balaban J connectivity index is 2.16. The number of nitrogens with zero attached hydrogens (tertiary/aromatic N) is 4. The summed E-state index contributed by atoms with van der Waals surface area (Å²) in [5.41, 5.74) is 0.382. The third kappa shape index (κ3) is 4.82. The zero-order chi connectivity index (χ0) is 19.0. The summed E-state index contributed by atoms with van der Waals surface area (Å²) < 4.78 is 13.8. The first kappa shape index (κ1) is 19.9. The lowest BCUT2D eigenvalue weighted by Gasteiger charge is -2.41. The third-order valence-electron chi connectivity index (χ3n) is 4.93. The highest BCUT2D eigenvalue weighted by atomic mass is 28.4. The Hall–Kier alpha value is -1.41. The van der Waals surface area contributed by atoms with Crippen molar-refractivity contribution in [3.8, 4) is 0 Å². The van der Waals surface area contributed by atoms with Crippen molar-refractivity contribution in [1.29, 1.82) is 0 Å². The Bertz CT molecular complexity index is 616. The predicted molar refractivity (Wildman–Crippen MR) is 98.7 cm³/mol. The van der Waals surface area contributed by atoms with E-state index >= 15 is 0 Å². The molecule has 0 spiro atoms. The summed E-state index contributed by atoms with van der Waals surface area (Å²) in [5.74, 6) is 0. The van der Waals surface area contributed by atoms with Crippen LogP contribution in [0.2, 0.25) is 18.1 Å². The number of amides is 1. The van der Waals surface area contributed by atoms with Gasteiger partial charge in [-0.3, -0.25) is 4.90 Å². The van der Waals surface area contributed by atoms with Gasteiger partial charge in [-0.1, -0.05) is 26.0 Å². The van der Waals surface area contributed by atoms with E-state index in [1.165, 1.54) is 0 Å². The fraction of sp³-hybridized carbons (Fsp3) is 0.824. The molecule has 1 aliphatic heterocycles. The van der Waals surface area contributed by atoms with Crippen molar-refractivity contribution in [2.75, 3.05) is 6.61 Å². The number of carbonyl (C=O) groups is 1. The van der Waals surface area contributed by atoms with Crippen molar-refractivity contribution in [3.05, 3.63) is 11.9 Å². The molecule has 0 unspecified atom stereocenters. The largest absolute Gasteiger partial charge is 0.444 e. The van der Waals surface area contributed by atoms with Crippen LogP contribution in [-0.2, 0) is 22.3 Å². The minimum Gasteiger partial charge on any atom is -0.444 e. The summed E-state index contributed by atoms with van der Waals surface area (Å²) in [7, 11) is -1.90. The number of carbonyl (C=O) groups excluding carboxylic acids is 1. The van der Waals surface area contributed by atoms with Crippen LogP contribution in [-0.4, -0.2) is 52.6 Å². The van der Waals surface area contributed by atoms with Crippen molar-refractivity contribution >= 4 is 14.4 Å². The van der Waals surface area contributed by atoms with Crippen LogP contribution in [0.4, 0.5) is 4.79 Å². The molecule has 1 aromatic rings. The molecule has 0 bridgehead atoms. The molecule has 0 aromatic carbocycles. The molecule has 8 heteroatoms. The van der Waals surface area contributed by atoms with E-state index in [1.54, 1.807) is 11.1 Å². The second-order valence-electron chi connectivity index (χ2n) is 9.24. The van der Waals surface area contributed by atoms with Crippen LogP contribution in [0.3, 0.4) is 0 Å². The SMILES string of the molecule is CC(C)(C)OC(=O)N1Cc2cnnn2C[C@@H]1CO[Si](C)(C)C(C)(C)C. The quantitative estimate of drug-likeness (QED) is 0.765. The summed E-state index contributed by atoms with van der Waals surface area (Å²) in [6, 6.07) is -0.113. The van der Waals surface area contributed by atoms with Gasteiger partial charge in [-0.05, 0) is 38.9 Å². The highest BCUT2D eigenvalue weighted by Crippen LogP contribution is 2.37. The first-order valence-electron chi connectivity index (χ1n) is 8.81. The third-order valence-corrected chi connectivity index (χ3v) is 9.43. The summed E-state index contributed by atoms with van der Waals surface area (Å²) in [4.78, 5) is 14.4. The zero-order valence-corrected chi connectivity index (χ0v) is 17.8. The van der Waals surface area contributed by atoms with Gasteiger partial charge >= 0.3 is 6.09 Å². The molecule has 0 saturated carbocycles. The number of hydrogen-bond acceptors (Lipinski definition) is 5. The fourth-order valence-electron chi connectivity index (χ4n) is 2.35. The topological polar surface area (TPSA) is 69.5 Å². The van der Waals surface area contributed by atoms with Crippen LogP contribution < -0.4 is 0 Å². The molecule has 7 nitrogen and oxygen atoms in total. The van der Waals surface area contributed by atoms with Crippen LogP contribution in [0.25, 0.3) is 0 Å². The minimum atomic E-state index is -1.90. The molecule has 2 heterocycles. The van der Waals surface area contributed by atoms with Gasteiger partial charge in [0.25, 0.3) is 0 Å². The molecular weight excluding hydrogens is 336 g/mol. The molecule has 2 rings (SSSR count). The summed E-state index contributed by atoms with van der Waals surface area (Å²) >= 11 is 0. The van der Waals surface area contributed by atoms with E-state index in [-0.39, 0.29) is 17.2 Å². The monoisotopic (exact) mass is 368 g/mol. The molecule has 1 aliphatic rings. The van der Waals surface area contributed by atoms with Gasteiger partial charge in [-0.25, -0.2) is 9.48 Å². The number of fused-ring (bicyclic) bond motifs is 1. The lowest BCUT2D eigenvalue weighted by atomic mass is 10.2. The number of aromatic nitrogens is 3. The average Bonchev–Trinajstić information content (AvgIpc) is 2.88. The number of rotatable bonds is 3. The molecule has 0 N–H and O–H groups in total. The molecule has 1 amide bonds. The van der Waals surface area contributed by atoms with Gasteiger partial charge in [0.15, 0.2) is 8.32 Å². The summed E-state index contributed by atoms with van der Waals surface area (Å²) in [5, 5.41) is 8.19. The highest BCUT2D eigenvalue weighted by Gasteiger charge is 2.40. The lowest BCUT2D eigenvalue weighted by molar-refractivity contribution is -0.00102. The van der Waals surface area contributed by atoms with E-state index in [0.717, 1.165) is 5.69 Å². The summed E-state index contributed by atoms with van der Waals surface area (Å²) in [6.45, 7) is 18.2. The fourth-order valence-corrected chi connectivity index (χ4v) is 3.40. The smallest absolute Gasteiger partial charge is 0.411 e. The normalized spacial score (nSPS) is 18.9. The molecule has 1 atom stereocenters. The van der Waals surface area contributed by atoms with Gasteiger partial charge in [0.2, 0.25) is 0 Å². The molecule has 0 saturated heterocycles. The van der Waals surface area contributed by atoms with Gasteiger partial charge in [0, 0.05) is 0 Å². The molecular formula is C17H32N4O3Si. The molecule has 142 valence electrons. The maximum Gasteiger partial charge on any atom is 0.411 e. The van der Waals surface area contributed by atoms with E-state index in [9.17, 15) is 4.79 Å². The number of hydrogen-bond donors (Lipinski definition) is 0. The maximum absolute atomic E-state index is 12.7. The van der Waals surface area contributed by atoms with Gasteiger partial charge in [0.1, 0.15) is 5.60 Å². The van der Waals surface area contributed by atoms with Gasteiger partial charge in [-0.15, -0.1) is 5.10 Å². The second-order valence-corrected chi connectivity index (χ2v) is 14.1. The molecule has 0 aliphatic carbocycles. The highest BCUT2D eigenvalue weighted by molar-refractivity contribution is 6.74. The summed E-state index contributed by atoms with van der Waals surface area (Å²) in [6.07, 6.45) is 1.38. The standard InChI is InChI=1S/C17H32N4O3Si/c1-16(2,3)24-15(22)20-10-13-9-18-19-21(13)11-14(20)12-23-25(7,8)17(4,5)6/h9,14H,10-12H2,1-8H3/t14-/m1/s1. The van der Waals surface area contributed by atoms with Crippen LogP contribution in [0, 0.1) is 0 Å². The average molecular weight is 369 g/mol. The van der Waals surface area contributed by atoms with Crippen molar-refractivity contribution in [2.45, 2.75) is 84.4 Å². The Morgan fingerprint density at radius 1 is 1.28 bits per heavy atom. The van der Waals surface area contributed by atoms with Gasteiger partial charge < -0.3 is 9.16 Å². The zero-order valence-electron chi connectivity index (χ0n) is 16.8. The van der Waals surface area contributed by atoms with E-state index in [0.29, 0.717) is 19.7 Å². The van der Waals surface area contributed by atoms with E-state index in [1.807, 2.05) is 25.5 Å². The van der Waals surface area contributed by atoms with E-state index < -0.39 is 13.9 Å². The molecule has 0 radical (unpaired) electrons. The predicted octanol–water partition coefficient (Wildman–Crippen LogP) is 3.42. The number of ether oxygens (including phenoxy) is 1. The van der Waals surface area contributed by atoms with Gasteiger partial charge in [-0.2, -0.15) is 0 Å². The lowest BCUT2D eigenvalue weighted by Crippen LogP contribution is -2.52. The Labute approximate surface area is 151 Å². The van der Waals surface area contributed by atoms with Gasteiger partial charge in [0.05, 0.1) is 37.6 Å². The molecule has 1 aromatic heterocycles. The van der Waals surface area contributed by atoms with Crippen LogP contribution in [0.1, 0.15) is 47.2 Å².